The number of hydrazone groups is 1. The molecule has 28 heavy (non-hydrogen) atoms. The molecule has 0 unspecified atom stereocenters. The lowest BCUT2D eigenvalue weighted by atomic mass is 10.1. The second-order valence-corrected chi connectivity index (χ2v) is 6.33. The average molecular weight is 399 g/mol. The predicted molar refractivity (Wildman–Crippen MR) is 110 cm³/mol. The third-order valence-electron chi connectivity index (χ3n) is 3.88. The first-order valence-electron chi connectivity index (χ1n) is 8.46. The van der Waals surface area contributed by atoms with Gasteiger partial charge in [-0.2, -0.15) is 10.2 Å². The minimum absolute atomic E-state index is 0.0197. The Labute approximate surface area is 167 Å². The topological polar surface area (TPSA) is 88.6 Å². The van der Waals surface area contributed by atoms with Crippen LogP contribution in [0, 0.1) is 6.92 Å². The predicted octanol–water partition coefficient (Wildman–Crippen LogP) is 3.77. The zero-order valence-corrected chi connectivity index (χ0v) is 16.2. The van der Waals surface area contributed by atoms with Crippen molar-refractivity contribution in [3.8, 4) is 11.5 Å². The molecule has 8 heteroatoms. The third-order valence-corrected chi connectivity index (χ3v) is 4.25. The van der Waals surface area contributed by atoms with Gasteiger partial charge in [-0.25, -0.2) is 5.10 Å². The number of nitrogens with zero attached hydrogens (tertiary/aromatic N) is 2. The number of methoxy groups -OCH3 is 1. The Kier molecular flexibility index (Phi) is 6.29. The summed E-state index contributed by atoms with van der Waals surface area (Å²) in [4.78, 5) is 11.5. The molecule has 2 aromatic carbocycles. The van der Waals surface area contributed by atoms with Crippen molar-refractivity contribution in [1.29, 1.82) is 0 Å². The molecule has 2 N–H and O–H groups in total. The van der Waals surface area contributed by atoms with Gasteiger partial charge in [-0.05, 0) is 24.6 Å². The molecule has 0 amide bonds. The van der Waals surface area contributed by atoms with Crippen LogP contribution in [0.2, 0.25) is 5.02 Å². The van der Waals surface area contributed by atoms with Crippen LogP contribution in [0.25, 0.3) is 0 Å². The van der Waals surface area contributed by atoms with E-state index < -0.39 is 5.56 Å². The zero-order chi connectivity index (χ0) is 19.9. The highest BCUT2D eigenvalue weighted by Gasteiger charge is 2.10. The van der Waals surface area contributed by atoms with E-state index in [0.717, 1.165) is 11.1 Å². The molecule has 0 atom stereocenters. The molecular formula is C20H19ClN4O3. The van der Waals surface area contributed by atoms with Gasteiger partial charge in [0.1, 0.15) is 17.3 Å². The molecule has 0 saturated carbocycles. The van der Waals surface area contributed by atoms with Crippen molar-refractivity contribution in [2.45, 2.75) is 13.5 Å². The van der Waals surface area contributed by atoms with Crippen LogP contribution in [0.3, 0.4) is 0 Å². The number of ether oxygens (including phenoxy) is 2. The number of benzene rings is 2. The molecule has 0 radical (unpaired) electrons. The highest BCUT2D eigenvalue weighted by molar-refractivity contribution is 6.32. The monoisotopic (exact) mass is 398 g/mol. The highest BCUT2D eigenvalue weighted by atomic mass is 35.5. The van der Waals surface area contributed by atoms with Crippen LogP contribution >= 0.6 is 11.6 Å². The van der Waals surface area contributed by atoms with Crippen molar-refractivity contribution < 1.29 is 9.47 Å². The van der Waals surface area contributed by atoms with Gasteiger partial charge in [-0.3, -0.25) is 10.2 Å². The van der Waals surface area contributed by atoms with Gasteiger partial charge in [0.15, 0.2) is 11.5 Å². The number of para-hydroxylation sites is 1. The van der Waals surface area contributed by atoms with Gasteiger partial charge in [0, 0.05) is 5.56 Å². The van der Waals surface area contributed by atoms with Crippen molar-refractivity contribution in [3.05, 3.63) is 80.7 Å². The van der Waals surface area contributed by atoms with Gasteiger partial charge < -0.3 is 9.47 Å². The largest absolute Gasteiger partial charge is 0.493 e. The summed E-state index contributed by atoms with van der Waals surface area (Å²) in [5, 5.41) is 10.0. The number of hydrogen-bond donors (Lipinski definition) is 2. The fourth-order valence-corrected chi connectivity index (χ4v) is 2.67. The second kappa shape index (κ2) is 9.05. The van der Waals surface area contributed by atoms with E-state index in [-0.39, 0.29) is 5.02 Å². The fraction of sp³-hybridized carbons (Fsp3) is 0.150. The van der Waals surface area contributed by atoms with Crippen LogP contribution in [0.5, 0.6) is 11.5 Å². The molecular weight excluding hydrogens is 380 g/mol. The van der Waals surface area contributed by atoms with E-state index in [0.29, 0.717) is 29.4 Å². The Morgan fingerprint density at radius 2 is 2.11 bits per heavy atom. The maximum atomic E-state index is 11.5. The summed E-state index contributed by atoms with van der Waals surface area (Å²) in [7, 11) is 1.58. The van der Waals surface area contributed by atoms with Crippen molar-refractivity contribution in [2.75, 3.05) is 12.5 Å². The Morgan fingerprint density at radius 1 is 1.29 bits per heavy atom. The maximum Gasteiger partial charge on any atom is 0.285 e. The molecule has 0 bridgehead atoms. The van der Waals surface area contributed by atoms with Crippen LogP contribution in [-0.2, 0) is 6.61 Å². The number of nitrogens with one attached hydrogen (secondary N) is 2. The minimum atomic E-state index is -0.495. The average Bonchev–Trinajstić information content (AvgIpc) is 2.70. The number of aryl methyl sites for hydroxylation is 1. The number of halogens is 1. The summed E-state index contributed by atoms with van der Waals surface area (Å²) in [6.07, 6.45) is 2.94. The summed E-state index contributed by atoms with van der Waals surface area (Å²) in [6, 6.07) is 13.6. The quantitative estimate of drug-likeness (QED) is 0.467. The molecule has 144 valence electrons. The molecule has 3 rings (SSSR count). The molecule has 7 nitrogen and oxygen atoms in total. The van der Waals surface area contributed by atoms with Crippen molar-refractivity contribution in [3.63, 3.8) is 0 Å². The van der Waals surface area contributed by atoms with E-state index in [1.54, 1.807) is 13.3 Å². The highest BCUT2D eigenvalue weighted by Crippen LogP contribution is 2.31. The van der Waals surface area contributed by atoms with Crippen LogP contribution in [0.4, 0.5) is 5.69 Å². The summed E-state index contributed by atoms with van der Waals surface area (Å²) >= 11 is 5.92. The maximum absolute atomic E-state index is 11.5. The number of anilines is 1. The molecule has 1 heterocycles. The lowest BCUT2D eigenvalue weighted by Gasteiger charge is -2.13. The van der Waals surface area contributed by atoms with Gasteiger partial charge >= 0.3 is 0 Å². The molecule has 3 aromatic rings. The summed E-state index contributed by atoms with van der Waals surface area (Å²) < 4.78 is 11.4. The first kappa shape index (κ1) is 19.4. The third kappa shape index (κ3) is 4.69. The summed E-state index contributed by atoms with van der Waals surface area (Å²) in [5.74, 6) is 1.15. The Morgan fingerprint density at radius 3 is 2.89 bits per heavy atom. The minimum Gasteiger partial charge on any atom is -0.493 e. The smallest absolute Gasteiger partial charge is 0.285 e. The van der Waals surface area contributed by atoms with Gasteiger partial charge in [0.05, 0.1) is 19.5 Å². The molecule has 1 aromatic heterocycles. The van der Waals surface area contributed by atoms with Crippen LogP contribution in [0.15, 0.2) is 58.6 Å². The summed E-state index contributed by atoms with van der Waals surface area (Å²) in [6.45, 7) is 2.42. The van der Waals surface area contributed by atoms with Crippen LogP contribution in [0.1, 0.15) is 16.7 Å². The number of aromatic nitrogens is 2. The Balaban J connectivity index is 1.80. The lowest BCUT2D eigenvalue weighted by molar-refractivity contribution is 0.284. The Hall–Kier alpha value is -3.32. The number of rotatable bonds is 7. The lowest BCUT2D eigenvalue weighted by Crippen LogP contribution is -2.10. The van der Waals surface area contributed by atoms with Gasteiger partial charge in [-0.15, -0.1) is 0 Å². The molecule has 0 aliphatic heterocycles. The van der Waals surface area contributed by atoms with Crippen molar-refractivity contribution in [1.82, 2.24) is 10.2 Å². The molecule has 0 spiro atoms. The molecule has 0 aliphatic carbocycles. The second-order valence-electron chi connectivity index (χ2n) is 5.95. The fourth-order valence-electron chi connectivity index (χ4n) is 2.54. The van der Waals surface area contributed by atoms with E-state index >= 15 is 0 Å². The van der Waals surface area contributed by atoms with E-state index in [4.69, 9.17) is 21.1 Å². The first-order chi connectivity index (χ1) is 13.6. The summed E-state index contributed by atoms with van der Waals surface area (Å²) in [5.41, 5.74) is 5.42. The first-order valence-corrected chi connectivity index (χ1v) is 8.84. The molecule has 0 aliphatic rings. The van der Waals surface area contributed by atoms with Crippen molar-refractivity contribution >= 4 is 23.5 Å². The molecule has 0 saturated heterocycles. The standard InChI is InChI=1S/C20H19ClN4O3/c1-13-5-3-6-14(9-13)12-28-19-15(7-4-8-17(19)27-2)10-22-24-16-11-23-25-20(26)18(16)21/h3-11H,12H2,1-2H3,(H2,24,25,26)/b22-10+. The van der Waals surface area contributed by atoms with Gasteiger partial charge in [-0.1, -0.05) is 47.5 Å². The van der Waals surface area contributed by atoms with E-state index in [1.165, 1.54) is 6.20 Å². The molecule has 0 fully saturated rings. The Bertz CT molecular complexity index is 1050. The van der Waals surface area contributed by atoms with E-state index in [9.17, 15) is 4.79 Å². The van der Waals surface area contributed by atoms with Crippen molar-refractivity contribution in [2.24, 2.45) is 5.10 Å². The zero-order valence-electron chi connectivity index (χ0n) is 15.4. The van der Waals surface area contributed by atoms with Crippen LogP contribution in [-0.4, -0.2) is 23.5 Å². The van der Waals surface area contributed by atoms with Gasteiger partial charge in [0.2, 0.25) is 0 Å². The normalized spacial score (nSPS) is 10.8. The number of aromatic amines is 1. The van der Waals surface area contributed by atoms with Gasteiger partial charge in [0.25, 0.3) is 5.56 Å². The van der Waals surface area contributed by atoms with E-state index in [1.807, 2.05) is 43.3 Å². The number of H-pyrrole nitrogens is 1. The number of hydrogen-bond acceptors (Lipinski definition) is 6. The van der Waals surface area contributed by atoms with E-state index in [2.05, 4.69) is 26.8 Å². The SMILES string of the molecule is COc1cccc(/C=N/Nc2cn[nH]c(=O)c2Cl)c1OCc1cccc(C)c1. The van der Waals surface area contributed by atoms with Crippen LogP contribution < -0.4 is 20.5 Å².